The Bertz CT molecular complexity index is 590. The molecule has 0 radical (unpaired) electrons. The number of pyridine rings is 1. The second-order valence-corrected chi connectivity index (χ2v) is 4.40. The number of carbonyl (C=O) groups is 1. The van der Waals surface area contributed by atoms with Gasteiger partial charge in [-0.25, -0.2) is 4.79 Å². The first-order valence-electron chi connectivity index (χ1n) is 6.02. The van der Waals surface area contributed by atoms with Crippen LogP contribution in [0.3, 0.4) is 0 Å². The second-order valence-electron chi connectivity index (χ2n) is 4.40. The first-order valence-corrected chi connectivity index (χ1v) is 6.02. The molecule has 5 nitrogen and oxygen atoms in total. The van der Waals surface area contributed by atoms with Gasteiger partial charge < -0.3 is 14.8 Å². The van der Waals surface area contributed by atoms with Crippen LogP contribution in [0.25, 0.3) is 0 Å². The molecular weight excluding hydrogens is 244 g/mol. The smallest absolute Gasteiger partial charge is 0.372 e. The highest BCUT2D eigenvalue weighted by atomic mass is 16.4. The summed E-state index contributed by atoms with van der Waals surface area (Å²) in [6.45, 7) is 4.75. The third kappa shape index (κ3) is 3.42. The normalized spacial score (nSPS) is 10.6. The minimum Gasteiger partial charge on any atom is -0.475 e. The van der Waals surface area contributed by atoms with Crippen LogP contribution in [0.5, 0.6) is 0 Å². The largest absolute Gasteiger partial charge is 0.475 e. The Balaban J connectivity index is 1.92. The first kappa shape index (κ1) is 13.3. The van der Waals surface area contributed by atoms with Crippen LogP contribution in [0.2, 0.25) is 0 Å². The Hall–Kier alpha value is -2.14. The van der Waals surface area contributed by atoms with E-state index in [-0.39, 0.29) is 5.76 Å². The summed E-state index contributed by atoms with van der Waals surface area (Å²) in [6.07, 6.45) is 0. The average molecular weight is 260 g/mol. The van der Waals surface area contributed by atoms with Crippen molar-refractivity contribution >= 4 is 5.97 Å². The second kappa shape index (κ2) is 5.67. The molecule has 0 amide bonds. The Kier molecular flexibility index (Phi) is 3.97. The molecule has 2 N–H and O–H groups in total. The summed E-state index contributed by atoms with van der Waals surface area (Å²) in [5, 5.41) is 12.1. The zero-order chi connectivity index (χ0) is 13.8. The van der Waals surface area contributed by atoms with Crippen molar-refractivity contribution in [3.8, 4) is 0 Å². The fourth-order valence-electron chi connectivity index (χ4n) is 1.86. The topological polar surface area (TPSA) is 75.4 Å². The van der Waals surface area contributed by atoms with Gasteiger partial charge in [0.25, 0.3) is 0 Å². The summed E-state index contributed by atoms with van der Waals surface area (Å²) < 4.78 is 5.26. The standard InChI is InChI=1S/C14H16N2O3/c1-9-6-12(19-13(9)14(17)18)8-15-7-11-5-3-4-10(2)16-11/h3-6,15H,7-8H2,1-2H3,(H,17,18). The van der Waals surface area contributed by atoms with Gasteiger partial charge >= 0.3 is 5.97 Å². The maximum Gasteiger partial charge on any atom is 0.372 e. The molecule has 2 rings (SSSR count). The summed E-state index contributed by atoms with van der Waals surface area (Å²) in [7, 11) is 0. The van der Waals surface area contributed by atoms with Gasteiger partial charge in [0, 0.05) is 17.8 Å². The molecule has 0 saturated heterocycles. The molecule has 0 aliphatic carbocycles. The van der Waals surface area contributed by atoms with E-state index in [0.29, 0.717) is 24.4 Å². The molecule has 0 spiro atoms. The number of aromatic nitrogens is 1. The molecule has 0 unspecified atom stereocenters. The molecule has 0 fully saturated rings. The van der Waals surface area contributed by atoms with Gasteiger partial charge in [-0.1, -0.05) is 6.07 Å². The summed E-state index contributed by atoms with van der Waals surface area (Å²) in [6, 6.07) is 7.58. The molecule has 2 aromatic rings. The highest BCUT2D eigenvalue weighted by Crippen LogP contribution is 2.14. The number of rotatable bonds is 5. The van der Waals surface area contributed by atoms with Crippen LogP contribution in [0, 0.1) is 13.8 Å². The van der Waals surface area contributed by atoms with E-state index in [4.69, 9.17) is 9.52 Å². The van der Waals surface area contributed by atoms with Gasteiger partial charge in [0.1, 0.15) is 5.76 Å². The molecule has 0 bridgehead atoms. The Labute approximate surface area is 111 Å². The summed E-state index contributed by atoms with van der Waals surface area (Å²) in [5.74, 6) is -0.419. The maximum atomic E-state index is 10.8. The number of hydrogen-bond donors (Lipinski definition) is 2. The van der Waals surface area contributed by atoms with Crippen LogP contribution >= 0.6 is 0 Å². The van der Waals surface area contributed by atoms with Crippen LogP contribution < -0.4 is 5.32 Å². The summed E-state index contributed by atoms with van der Waals surface area (Å²) in [5.41, 5.74) is 2.56. The fraction of sp³-hybridized carbons (Fsp3) is 0.286. The van der Waals surface area contributed by atoms with Gasteiger partial charge in [0.15, 0.2) is 0 Å². The molecule has 2 aromatic heterocycles. The van der Waals surface area contributed by atoms with Crippen LogP contribution in [0.1, 0.15) is 33.3 Å². The number of furan rings is 1. The van der Waals surface area contributed by atoms with Gasteiger partial charge in [-0.05, 0) is 32.0 Å². The monoisotopic (exact) mass is 260 g/mol. The lowest BCUT2D eigenvalue weighted by atomic mass is 10.2. The highest BCUT2D eigenvalue weighted by Gasteiger charge is 2.13. The van der Waals surface area contributed by atoms with E-state index in [0.717, 1.165) is 11.4 Å². The van der Waals surface area contributed by atoms with Crippen LogP contribution in [0.15, 0.2) is 28.7 Å². The van der Waals surface area contributed by atoms with Crippen molar-refractivity contribution in [2.75, 3.05) is 0 Å². The number of carboxylic acid groups (broad SMARTS) is 1. The van der Waals surface area contributed by atoms with Gasteiger partial charge in [-0.15, -0.1) is 0 Å². The zero-order valence-electron chi connectivity index (χ0n) is 10.9. The van der Waals surface area contributed by atoms with Gasteiger partial charge in [-0.2, -0.15) is 0 Å². The van der Waals surface area contributed by atoms with Crippen molar-refractivity contribution < 1.29 is 14.3 Å². The summed E-state index contributed by atoms with van der Waals surface area (Å²) >= 11 is 0. The predicted octanol–water partition coefficient (Wildman–Crippen LogP) is 2.28. The zero-order valence-corrected chi connectivity index (χ0v) is 10.9. The Morgan fingerprint density at radius 3 is 2.79 bits per heavy atom. The number of aromatic carboxylic acids is 1. The van der Waals surface area contributed by atoms with Crippen molar-refractivity contribution in [1.82, 2.24) is 10.3 Å². The third-order valence-corrected chi connectivity index (χ3v) is 2.71. The predicted molar refractivity (Wildman–Crippen MR) is 69.9 cm³/mol. The summed E-state index contributed by atoms with van der Waals surface area (Å²) in [4.78, 5) is 15.2. The lowest BCUT2D eigenvalue weighted by Crippen LogP contribution is -2.13. The lowest BCUT2D eigenvalue weighted by Gasteiger charge is -2.03. The van der Waals surface area contributed by atoms with Crippen LogP contribution in [-0.4, -0.2) is 16.1 Å². The van der Waals surface area contributed by atoms with Crippen molar-refractivity contribution in [3.05, 3.63) is 52.7 Å². The molecule has 0 aromatic carbocycles. The molecule has 2 heterocycles. The van der Waals surface area contributed by atoms with E-state index in [1.54, 1.807) is 13.0 Å². The lowest BCUT2D eigenvalue weighted by molar-refractivity contribution is 0.0659. The molecule has 0 atom stereocenters. The molecule has 100 valence electrons. The maximum absolute atomic E-state index is 10.8. The number of aryl methyl sites for hydroxylation is 2. The van der Waals surface area contributed by atoms with Crippen molar-refractivity contribution in [3.63, 3.8) is 0 Å². The first-order chi connectivity index (χ1) is 9.06. The highest BCUT2D eigenvalue weighted by molar-refractivity contribution is 5.86. The van der Waals surface area contributed by atoms with Crippen molar-refractivity contribution in [2.24, 2.45) is 0 Å². The molecule has 0 aliphatic heterocycles. The van der Waals surface area contributed by atoms with Crippen molar-refractivity contribution in [1.29, 1.82) is 0 Å². The number of nitrogens with zero attached hydrogens (tertiary/aromatic N) is 1. The van der Waals surface area contributed by atoms with E-state index < -0.39 is 5.97 Å². The molecule has 5 heteroatoms. The van der Waals surface area contributed by atoms with Crippen LogP contribution in [0.4, 0.5) is 0 Å². The van der Waals surface area contributed by atoms with Crippen molar-refractivity contribution in [2.45, 2.75) is 26.9 Å². The van der Waals surface area contributed by atoms with E-state index in [9.17, 15) is 4.79 Å². The average Bonchev–Trinajstić information content (AvgIpc) is 2.71. The van der Waals surface area contributed by atoms with E-state index in [2.05, 4.69) is 10.3 Å². The number of carboxylic acids is 1. The van der Waals surface area contributed by atoms with Crippen LogP contribution in [-0.2, 0) is 13.1 Å². The molecule has 19 heavy (non-hydrogen) atoms. The minimum atomic E-state index is -1.04. The molecule has 0 saturated carbocycles. The van der Waals surface area contributed by atoms with Gasteiger partial charge in [0.05, 0.1) is 12.2 Å². The Morgan fingerprint density at radius 1 is 1.37 bits per heavy atom. The fourth-order valence-corrected chi connectivity index (χ4v) is 1.86. The van der Waals surface area contributed by atoms with E-state index >= 15 is 0 Å². The quantitative estimate of drug-likeness (QED) is 0.862. The minimum absolute atomic E-state index is 0.00507. The van der Waals surface area contributed by atoms with Gasteiger partial charge in [-0.3, -0.25) is 4.98 Å². The SMILES string of the molecule is Cc1cccc(CNCc2cc(C)c(C(=O)O)o2)n1. The molecular formula is C14H16N2O3. The third-order valence-electron chi connectivity index (χ3n) is 2.71. The Morgan fingerprint density at radius 2 is 2.16 bits per heavy atom. The van der Waals surface area contributed by atoms with E-state index in [1.807, 2.05) is 25.1 Å². The molecule has 0 aliphatic rings. The van der Waals surface area contributed by atoms with E-state index in [1.165, 1.54) is 0 Å². The van der Waals surface area contributed by atoms with Gasteiger partial charge in [0.2, 0.25) is 5.76 Å². The number of hydrogen-bond acceptors (Lipinski definition) is 4. The number of nitrogens with one attached hydrogen (secondary N) is 1.